The van der Waals surface area contributed by atoms with E-state index in [1.807, 2.05) is 0 Å². The van der Waals surface area contributed by atoms with Crippen molar-refractivity contribution in [2.24, 2.45) is 5.92 Å². The van der Waals surface area contributed by atoms with Crippen LogP contribution in [0.25, 0.3) is 0 Å². The maximum atomic E-state index is 3.61. The largest absolute Gasteiger partial charge is 0.335 e. The number of hydrogen-bond acceptors (Lipinski definition) is 2. The third-order valence-corrected chi connectivity index (χ3v) is 1.89. The minimum absolute atomic E-state index is 0.865. The molecule has 1 aliphatic rings. The first-order valence-corrected chi connectivity index (χ1v) is 3.64. The maximum absolute atomic E-state index is 3.61. The molecule has 2 nitrogen and oxygen atoms in total. The second kappa shape index (κ2) is 3.85. The van der Waals surface area contributed by atoms with Gasteiger partial charge in [0.05, 0.1) is 6.54 Å². The fraction of sp³-hybridized carbons (Fsp3) is 0.857. The number of piperidine rings is 1. The summed E-state index contributed by atoms with van der Waals surface area (Å²) in [5, 5.41) is 6.28. The summed E-state index contributed by atoms with van der Waals surface area (Å²) >= 11 is 0. The van der Waals surface area contributed by atoms with Crippen LogP contribution in [0.5, 0.6) is 0 Å². The van der Waals surface area contributed by atoms with E-state index in [1.165, 1.54) is 25.9 Å². The van der Waals surface area contributed by atoms with Crippen LogP contribution in [0.15, 0.2) is 0 Å². The third-order valence-electron chi connectivity index (χ3n) is 1.89. The van der Waals surface area contributed by atoms with Gasteiger partial charge in [-0.1, -0.05) is 0 Å². The van der Waals surface area contributed by atoms with Gasteiger partial charge in [0.25, 0.3) is 0 Å². The lowest BCUT2D eigenvalue weighted by Gasteiger charge is -2.19. The van der Waals surface area contributed by atoms with Crippen LogP contribution < -0.4 is 10.6 Å². The molecule has 2 N–H and O–H groups in total. The van der Waals surface area contributed by atoms with Gasteiger partial charge in [0.15, 0.2) is 0 Å². The Kier molecular flexibility index (Phi) is 3.01. The van der Waals surface area contributed by atoms with Gasteiger partial charge in [-0.15, -0.1) is 7.05 Å². The highest BCUT2D eigenvalue weighted by atomic mass is 14.9. The van der Waals surface area contributed by atoms with Crippen LogP contribution in [0, 0.1) is 13.0 Å². The minimum Gasteiger partial charge on any atom is -0.335 e. The molecular weight excluding hydrogens is 112 g/mol. The van der Waals surface area contributed by atoms with Crippen molar-refractivity contribution in [1.82, 2.24) is 5.32 Å². The Morgan fingerprint density at radius 2 is 2.11 bits per heavy atom. The molecule has 0 saturated carbocycles. The van der Waals surface area contributed by atoms with Gasteiger partial charge in [-0.3, -0.25) is 0 Å². The van der Waals surface area contributed by atoms with E-state index in [-0.39, 0.29) is 0 Å². The highest BCUT2D eigenvalue weighted by Gasteiger charge is 2.12. The van der Waals surface area contributed by atoms with Gasteiger partial charge in [0.2, 0.25) is 0 Å². The summed E-state index contributed by atoms with van der Waals surface area (Å²) in [6.45, 7) is 3.46. The molecule has 9 heavy (non-hydrogen) atoms. The fourth-order valence-electron chi connectivity index (χ4n) is 1.29. The van der Waals surface area contributed by atoms with Crippen LogP contribution in [-0.4, -0.2) is 19.6 Å². The molecule has 1 radical (unpaired) electrons. The summed E-state index contributed by atoms with van der Waals surface area (Å²) in [4.78, 5) is 0. The lowest BCUT2D eigenvalue weighted by Crippen LogP contribution is -2.78. The second-order valence-electron chi connectivity index (χ2n) is 2.65. The molecule has 0 unspecified atom stereocenters. The Balaban J connectivity index is 2.08. The summed E-state index contributed by atoms with van der Waals surface area (Å²) in [6.07, 6.45) is 2.62. The fourth-order valence-corrected chi connectivity index (χ4v) is 1.29. The molecule has 0 aliphatic carbocycles. The van der Waals surface area contributed by atoms with Crippen LogP contribution >= 0.6 is 0 Å². The molecule has 0 aromatic rings. The Labute approximate surface area is 57.0 Å². The van der Waals surface area contributed by atoms with E-state index in [0.717, 1.165) is 12.5 Å². The van der Waals surface area contributed by atoms with Crippen LogP contribution in [0.4, 0.5) is 0 Å². The second-order valence-corrected chi connectivity index (χ2v) is 2.65. The lowest BCUT2D eigenvalue weighted by atomic mass is 9.98. The monoisotopic (exact) mass is 127 g/mol. The van der Waals surface area contributed by atoms with E-state index in [1.54, 1.807) is 0 Å². The molecule has 0 atom stereocenters. The van der Waals surface area contributed by atoms with E-state index in [2.05, 4.69) is 17.7 Å². The van der Waals surface area contributed by atoms with Crippen molar-refractivity contribution in [1.29, 1.82) is 0 Å². The molecule has 0 amide bonds. The zero-order chi connectivity index (χ0) is 6.53. The van der Waals surface area contributed by atoms with E-state index >= 15 is 0 Å². The van der Waals surface area contributed by atoms with Crippen molar-refractivity contribution in [2.75, 3.05) is 19.6 Å². The summed E-state index contributed by atoms with van der Waals surface area (Å²) in [5.41, 5.74) is 0. The van der Waals surface area contributed by atoms with Crippen LogP contribution in [-0.2, 0) is 0 Å². The van der Waals surface area contributed by atoms with E-state index in [4.69, 9.17) is 0 Å². The van der Waals surface area contributed by atoms with Crippen LogP contribution in [0.2, 0.25) is 0 Å². The number of rotatable bonds is 2. The minimum atomic E-state index is 0.865. The number of hydrogen-bond donors (Lipinski definition) is 2. The van der Waals surface area contributed by atoms with Gasteiger partial charge < -0.3 is 10.6 Å². The Morgan fingerprint density at radius 1 is 1.44 bits per heavy atom. The molecule has 1 rings (SSSR count). The summed E-state index contributed by atoms with van der Waals surface area (Å²) in [5.74, 6) is 0.865. The Hall–Kier alpha value is -0.0800. The molecule has 2 heteroatoms. The summed E-state index contributed by atoms with van der Waals surface area (Å²) in [7, 11) is 3.61. The topological polar surface area (TPSA) is 27.6 Å². The molecule has 0 aromatic carbocycles. The highest BCUT2D eigenvalue weighted by molar-refractivity contribution is 4.66. The average molecular weight is 127 g/mol. The van der Waals surface area contributed by atoms with Gasteiger partial charge >= 0.3 is 0 Å². The first-order valence-electron chi connectivity index (χ1n) is 3.64. The predicted octanol–water partition coefficient (Wildman–Crippen LogP) is -0.873. The van der Waals surface area contributed by atoms with Crippen LogP contribution in [0.3, 0.4) is 0 Å². The molecule has 0 bridgehead atoms. The van der Waals surface area contributed by atoms with Crippen molar-refractivity contribution >= 4 is 0 Å². The molecule has 1 saturated heterocycles. The van der Waals surface area contributed by atoms with Crippen molar-refractivity contribution in [3.63, 3.8) is 0 Å². The molecule has 1 fully saturated rings. The normalized spacial score (nSPS) is 22.3. The zero-order valence-corrected chi connectivity index (χ0v) is 5.82. The van der Waals surface area contributed by atoms with Crippen molar-refractivity contribution in [2.45, 2.75) is 12.8 Å². The molecule has 0 spiro atoms. The van der Waals surface area contributed by atoms with E-state index in [9.17, 15) is 0 Å². The van der Waals surface area contributed by atoms with Gasteiger partial charge in [-0.25, -0.2) is 0 Å². The molecule has 1 heterocycles. The smallest absolute Gasteiger partial charge is 0.0955 e. The van der Waals surface area contributed by atoms with Crippen molar-refractivity contribution in [3.8, 4) is 0 Å². The van der Waals surface area contributed by atoms with Crippen LogP contribution in [0.1, 0.15) is 12.8 Å². The predicted molar refractivity (Wildman–Crippen MR) is 36.8 cm³/mol. The SMILES string of the molecule is [CH2-][NH+]CC1CCNCC1. The van der Waals surface area contributed by atoms with Gasteiger partial charge in [-0.2, -0.15) is 0 Å². The maximum Gasteiger partial charge on any atom is 0.0955 e. The van der Waals surface area contributed by atoms with Gasteiger partial charge in [-0.05, 0) is 25.9 Å². The van der Waals surface area contributed by atoms with E-state index < -0.39 is 0 Å². The van der Waals surface area contributed by atoms with Gasteiger partial charge in [0.1, 0.15) is 0 Å². The van der Waals surface area contributed by atoms with Gasteiger partial charge in [0, 0.05) is 5.92 Å². The first-order chi connectivity index (χ1) is 4.43. The zero-order valence-electron chi connectivity index (χ0n) is 5.82. The standard InChI is InChI=1S/C7H15N2/c1-8-6-7-2-4-9-5-3-7/h7-9H,1-6H2. The Bertz CT molecular complexity index is 64.6. The molecule has 53 valence electrons. The third kappa shape index (κ3) is 2.33. The molecular formula is C7H15N2. The molecule has 1 aliphatic heterocycles. The summed E-state index contributed by atoms with van der Waals surface area (Å²) in [6, 6.07) is 0. The summed E-state index contributed by atoms with van der Waals surface area (Å²) < 4.78 is 0. The van der Waals surface area contributed by atoms with Crippen molar-refractivity contribution < 1.29 is 5.32 Å². The highest BCUT2D eigenvalue weighted by Crippen LogP contribution is 2.07. The average Bonchev–Trinajstić information content (AvgIpc) is 1.91. The van der Waals surface area contributed by atoms with Crippen molar-refractivity contribution in [3.05, 3.63) is 7.05 Å². The quantitative estimate of drug-likeness (QED) is 0.463. The molecule has 0 aromatic heterocycles. The lowest BCUT2D eigenvalue weighted by molar-refractivity contribution is -0.602. The Morgan fingerprint density at radius 3 is 2.67 bits per heavy atom. The number of nitrogens with one attached hydrogen (secondary N) is 2. The van der Waals surface area contributed by atoms with E-state index in [0.29, 0.717) is 0 Å². The first kappa shape index (κ1) is 7.03.